The van der Waals surface area contributed by atoms with Crippen LogP contribution < -0.4 is 0 Å². The first-order chi connectivity index (χ1) is 36.6. The zero-order valence-corrected chi connectivity index (χ0v) is 46.5. The number of rotatable bonds is 47. The molecule has 0 amide bonds. The molecule has 1 saturated heterocycles. The van der Waals surface area contributed by atoms with Crippen LogP contribution >= 0.6 is 0 Å². The molecule has 6 unspecified atom stereocenters. The Morgan fingerprint density at radius 3 is 1.23 bits per heavy atom. The van der Waals surface area contributed by atoms with E-state index in [4.69, 9.17) is 23.7 Å². The van der Waals surface area contributed by atoms with E-state index in [1.165, 1.54) is 0 Å². The molecule has 1 aliphatic rings. The lowest BCUT2D eigenvalue weighted by atomic mass is 9.98. The van der Waals surface area contributed by atoms with Crippen molar-refractivity contribution in [3.05, 3.63) is 109 Å². The first kappa shape index (κ1) is 68.4. The van der Waals surface area contributed by atoms with Gasteiger partial charge in [0.25, 0.3) is 0 Å². The highest BCUT2D eigenvalue weighted by Crippen LogP contribution is 2.26. The predicted octanol–water partition coefficient (Wildman–Crippen LogP) is 14.7. The standard InChI is InChI=1S/C63H100O12/c1-4-7-10-13-16-19-22-25-27-28-30-33-36-39-42-45-48-51-57(66)74-61-59(68)58(67)60(62(69)70)75-63(61)72-53-54(73-56(65)50-47-44-41-38-35-31-24-21-18-15-12-9-6-3)52-71-55(64)49-46-43-40-37-34-32-29-26-23-20-17-14-11-8-5-2/h7-12,16-21,25-27,29,31,35,54,58-61,63,67-68H,4-6,13-15,22-24,28,30,32-34,36-53H2,1-3H3,(H,69,70)/b10-7-,11-8-,12-9-,19-16-,20-17-,21-18-,27-25-,29-26-,35-31-. The van der Waals surface area contributed by atoms with Crippen LogP contribution in [0.1, 0.15) is 213 Å². The predicted molar refractivity (Wildman–Crippen MR) is 303 cm³/mol. The van der Waals surface area contributed by atoms with Gasteiger partial charge in [-0.3, -0.25) is 14.4 Å². The van der Waals surface area contributed by atoms with Gasteiger partial charge >= 0.3 is 23.9 Å². The Morgan fingerprint density at radius 1 is 0.440 bits per heavy atom. The van der Waals surface area contributed by atoms with Gasteiger partial charge in [-0.2, -0.15) is 0 Å². The molecule has 424 valence electrons. The number of esters is 3. The van der Waals surface area contributed by atoms with Crippen molar-refractivity contribution < 1.29 is 58.2 Å². The van der Waals surface area contributed by atoms with E-state index in [9.17, 15) is 34.5 Å². The summed E-state index contributed by atoms with van der Waals surface area (Å²) >= 11 is 0. The molecular formula is C63H100O12. The van der Waals surface area contributed by atoms with Crippen LogP contribution in [0, 0.1) is 0 Å². The number of carboxylic acid groups (broad SMARTS) is 1. The van der Waals surface area contributed by atoms with E-state index in [1.807, 2.05) is 0 Å². The fourth-order valence-electron chi connectivity index (χ4n) is 8.00. The molecule has 12 nitrogen and oxygen atoms in total. The number of unbranched alkanes of at least 4 members (excludes halogenated alkanes) is 15. The second-order valence-corrected chi connectivity index (χ2v) is 19.1. The summed E-state index contributed by atoms with van der Waals surface area (Å²) in [5.41, 5.74) is 0. The van der Waals surface area contributed by atoms with Crippen LogP contribution in [0.2, 0.25) is 0 Å². The molecule has 75 heavy (non-hydrogen) atoms. The monoisotopic (exact) mass is 1050 g/mol. The fraction of sp³-hybridized carbons (Fsp3) is 0.651. The van der Waals surface area contributed by atoms with Crippen molar-refractivity contribution in [1.29, 1.82) is 0 Å². The molecule has 0 aromatic heterocycles. The molecule has 1 rings (SSSR count). The van der Waals surface area contributed by atoms with E-state index < -0.39 is 67.3 Å². The Morgan fingerprint density at radius 2 is 0.800 bits per heavy atom. The van der Waals surface area contributed by atoms with Crippen molar-refractivity contribution in [3.63, 3.8) is 0 Å². The lowest BCUT2D eigenvalue weighted by Crippen LogP contribution is -2.61. The smallest absolute Gasteiger partial charge is 0.335 e. The van der Waals surface area contributed by atoms with E-state index in [0.29, 0.717) is 19.3 Å². The molecule has 1 fully saturated rings. The molecule has 6 atom stereocenters. The summed E-state index contributed by atoms with van der Waals surface area (Å²) in [5.74, 6) is -3.21. The minimum atomic E-state index is -1.92. The maximum atomic E-state index is 13.1. The van der Waals surface area contributed by atoms with Crippen LogP contribution in [0.4, 0.5) is 0 Å². The lowest BCUT2D eigenvalue weighted by Gasteiger charge is -2.40. The molecule has 0 aromatic carbocycles. The third-order valence-corrected chi connectivity index (χ3v) is 12.3. The number of hydrogen-bond acceptors (Lipinski definition) is 11. The molecule has 1 heterocycles. The number of carboxylic acids is 1. The van der Waals surface area contributed by atoms with Crippen LogP contribution in [0.3, 0.4) is 0 Å². The van der Waals surface area contributed by atoms with Crippen LogP contribution in [0.25, 0.3) is 0 Å². The Bertz CT molecular complexity index is 1720. The van der Waals surface area contributed by atoms with Gasteiger partial charge in [0, 0.05) is 19.3 Å². The van der Waals surface area contributed by atoms with Crippen molar-refractivity contribution in [2.24, 2.45) is 0 Å². The van der Waals surface area contributed by atoms with Crippen LogP contribution in [-0.2, 0) is 42.9 Å². The van der Waals surface area contributed by atoms with Gasteiger partial charge < -0.3 is 39.0 Å². The van der Waals surface area contributed by atoms with Gasteiger partial charge in [-0.05, 0) is 116 Å². The Kier molecular flexibility index (Phi) is 45.8. The van der Waals surface area contributed by atoms with Gasteiger partial charge in [0.1, 0.15) is 18.8 Å². The third kappa shape index (κ3) is 40.3. The second-order valence-electron chi connectivity index (χ2n) is 19.1. The highest BCUT2D eigenvalue weighted by molar-refractivity contribution is 5.74. The van der Waals surface area contributed by atoms with Gasteiger partial charge in [-0.25, -0.2) is 4.79 Å². The normalized spacial score (nSPS) is 19.0. The minimum absolute atomic E-state index is 0.0384. The molecule has 0 aromatic rings. The molecule has 0 radical (unpaired) electrons. The summed E-state index contributed by atoms with van der Waals surface area (Å²) < 4.78 is 28.3. The third-order valence-electron chi connectivity index (χ3n) is 12.3. The van der Waals surface area contributed by atoms with Gasteiger partial charge in [0.2, 0.25) is 0 Å². The van der Waals surface area contributed by atoms with E-state index >= 15 is 0 Å². The molecule has 0 spiro atoms. The van der Waals surface area contributed by atoms with Crippen molar-refractivity contribution in [3.8, 4) is 0 Å². The zero-order chi connectivity index (χ0) is 54.7. The van der Waals surface area contributed by atoms with Crippen LogP contribution in [-0.4, -0.2) is 89.2 Å². The summed E-state index contributed by atoms with van der Waals surface area (Å²) in [5, 5.41) is 31.5. The highest BCUT2D eigenvalue weighted by Gasteiger charge is 2.50. The SMILES string of the molecule is CC/C=C\C/C=C\C/C=C\CCCCCCCCCC(=O)OC1C(OCC(COC(=O)CCCCCCC/C=C\C/C=C\C/C=C\CC)OC(=O)CCCCC/C=C\C/C=C\C/C=C\CC)OC(C(=O)O)C(O)C1O. The Balaban J connectivity index is 2.73. The molecule has 0 bridgehead atoms. The molecule has 0 aliphatic carbocycles. The van der Waals surface area contributed by atoms with Crippen LogP contribution in [0.5, 0.6) is 0 Å². The van der Waals surface area contributed by atoms with E-state index in [0.717, 1.165) is 154 Å². The molecular weight excluding hydrogens is 949 g/mol. The van der Waals surface area contributed by atoms with E-state index in [-0.39, 0.29) is 25.9 Å². The second kappa shape index (κ2) is 50.2. The Labute approximate surface area is 453 Å². The van der Waals surface area contributed by atoms with Gasteiger partial charge in [0.05, 0.1) is 6.61 Å². The molecule has 1 aliphatic heterocycles. The zero-order valence-electron chi connectivity index (χ0n) is 46.5. The summed E-state index contributed by atoms with van der Waals surface area (Å²) in [7, 11) is 0. The average molecular weight is 1050 g/mol. The number of hydrogen-bond donors (Lipinski definition) is 3. The van der Waals surface area contributed by atoms with Crippen molar-refractivity contribution in [2.45, 2.75) is 250 Å². The number of ether oxygens (including phenoxy) is 5. The highest BCUT2D eigenvalue weighted by atomic mass is 16.7. The molecule has 12 heteroatoms. The van der Waals surface area contributed by atoms with Crippen molar-refractivity contribution in [2.75, 3.05) is 13.2 Å². The van der Waals surface area contributed by atoms with E-state index in [2.05, 4.69) is 130 Å². The number of carbonyl (C=O) groups excluding carboxylic acids is 3. The first-order valence-corrected chi connectivity index (χ1v) is 28.9. The quantitative estimate of drug-likeness (QED) is 0.0228. The van der Waals surface area contributed by atoms with Gasteiger partial charge in [0.15, 0.2) is 24.6 Å². The van der Waals surface area contributed by atoms with Gasteiger partial charge in [-0.1, -0.05) is 188 Å². The summed E-state index contributed by atoms with van der Waals surface area (Å²) in [4.78, 5) is 51.1. The number of aliphatic hydroxyl groups is 2. The first-order valence-electron chi connectivity index (χ1n) is 28.9. The molecule has 0 saturated carbocycles. The summed E-state index contributed by atoms with van der Waals surface area (Å²) in [6.45, 7) is 5.60. The van der Waals surface area contributed by atoms with Crippen molar-refractivity contribution >= 4 is 23.9 Å². The lowest BCUT2D eigenvalue weighted by molar-refractivity contribution is -0.301. The van der Waals surface area contributed by atoms with Crippen molar-refractivity contribution in [1.82, 2.24) is 0 Å². The Hall–Kier alpha value is -4.62. The topological polar surface area (TPSA) is 175 Å². The maximum Gasteiger partial charge on any atom is 0.335 e. The molecule has 3 N–H and O–H groups in total. The fourth-order valence-corrected chi connectivity index (χ4v) is 8.00. The van der Waals surface area contributed by atoms with Gasteiger partial charge in [-0.15, -0.1) is 0 Å². The number of carbonyl (C=O) groups is 4. The van der Waals surface area contributed by atoms with Crippen LogP contribution in [0.15, 0.2) is 109 Å². The summed E-state index contributed by atoms with van der Waals surface area (Å²) in [6.07, 6.45) is 54.9. The van der Waals surface area contributed by atoms with E-state index in [1.54, 1.807) is 0 Å². The maximum absolute atomic E-state index is 13.1. The average Bonchev–Trinajstić information content (AvgIpc) is 3.39. The minimum Gasteiger partial charge on any atom is -0.479 e. The number of allylic oxidation sites excluding steroid dienone is 18. The largest absolute Gasteiger partial charge is 0.479 e. The summed E-state index contributed by atoms with van der Waals surface area (Å²) in [6, 6.07) is 0. The number of aliphatic carboxylic acids is 1. The number of aliphatic hydroxyl groups excluding tert-OH is 2.